The second kappa shape index (κ2) is 5.61. The molecule has 0 aliphatic heterocycles. The van der Waals surface area contributed by atoms with Crippen LogP contribution in [0.25, 0.3) is 0 Å². The average Bonchev–Trinajstić information content (AvgIpc) is 2.02. The van der Waals surface area contributed by atoms with Crippen LogP contribution in [-0.4, -0.2) is 20.9 Å². The number of rotatable bonds is 5. The summed E-state index contributed by atoms with van der Waals surface area (Å²) in [6.45, 7) is 6.28. The van der Waals surface area contributed by atoms with Gasteiger partial charge in [-0.25, -0.2) is 0 Å². The van der Waals surface area contributed by atoms with E-state index in [1.165, 1.54) is 0 Å². The van der Waals surface area contributed by atoms with Gasteiger partial charge in [0.2, 0.25) is 0 Å². The molecule has 74 valence electrons. The van der Waals surface area contributed by atoms with E-state index in [-0.39, 0.29) is 10.4 Å². The van der Waals surface area contributed by atoms with Crippen molar-refractivity contribution in [1.82, 2.24) is 0 Å². The predicted octanol–water partition coefficient (Wildman–Crippen LogP) is 3.33. The first-order valence-electron chi connectivity index (χ1n) is 4.36. The predicted molar refractivity (Wildman–Crippen MR) is 61.2 cm³/mol. The summed E-state index contributed by atoms with van der Waals surface area (Å²) in [5, 5.41) is 10.6. The molecule has 1 nitrogen and oxygen atoms in total. The molecule has 0 aliphatic rings. The molecule has 0 aromatic rings. The van der Waals surface area contributed by atoms with Crippen molar-refractivity contribution >= 4 is 31.9 Å². The van der Waals surface area contributed by atoms with Gasteiger partial charge in [0.15, 0.2) is 0 Å². The summed E-state index contributed by atoms with van der Waals surface area (Å²) < 4.78 is 0.0237. The van der Waals surface area contributed by atoms with Gasteiger partial charge in [0.05, 0.1) is 6.10 Å². The first-order valence-corrected chi connectivity index (χ1v) is 6.27. The van der Waals surface area contributed by atoms with Gasteiger partial charge >= 0.3 is 0 Å². The third kappa shape index (κ3) is 4.83. The van der Waals surface area contributed by atoms with E-state index in [2.05, 4.69) is 52.6 Å². The number of aliphatic hydroxyl groups excluding tert-OH is 1. The molecule has 3 heteroatoms. The second-order valence-electron chi connectivity index (χ2n) is 3.70. The summed E-state index contributed by atoms with van der Waals surface area (Å²) in [5.74, 6) is 0.390. The first-order chi connectivity index (χ1) is 5.43. The van der Waals surface area contributed by atoms with E-state index in [1.54, 1.807) is 0 Å². The summed E-state index contributed by atoms with van der Waals surface area (Å²) >= 11 is 6.98. The third-order valence-electron chi connectivity index (χ3n) is 2.21. The van der Waals surface area contributed by atoms with Crippen molar-refractivity contribution in [2.24, 2.45) is 5.92 Å². The van der Waals surface area contributed by atoms with Crippen molar-refractivity contribution in [2.45, 2.75) is 44.0 Å². The molecule has 0 heterocycles. The molecule has 0 rings (SSSR count). The van der Waals surface area contributed by atoms with E-state index in [0.29, 0.717) is 5.92 Å². The molecule has 0 fully saturated rings. The van der Waals surface area contributed by atoms with Crippen LogP contribution in [0.3, 0.4) is 0 Å². The van der Waals surface area contributed by atoms with Gasteiger partial charge < -0.3 is 5.11 Å². The van der Waals surface area contributed by atoms with Crippen molar-refractivity contribution in [2.75, 3.05) is 5.33 Å². The molecule has 12 heavy (non-hydrogen) atoms. The zero-order chi connectivity index (χ0) is 9.78. The Hall–Kier alpha value is 0.920. The Bertz CT molecular complexity index is 126. The number of aliphatic hydroxyl groups is 1. The van der Waals surface area contributed by atoms with E-state index in [1.807, 2.05) is 0 Å². The quantitative estimate of drug-likeness (QED) is 0.772. The summed E-state index contributed by atoms with van der Waals surface area (Å²) in [4.78, 5) is 0. The van der Waals surface area contributed by atoms with Crippen LogP contribution in [0.4, 0.5) is 0 Å². The Morgan fingerprint density at radius 2 is 2.00 bits per heavy atom. The Balaban J connectivity index is 3.90. The monoisotopic (exact) mass is 300 g/mol. The second-order valence-corrected chi connectivity index (χ2v) is 6.18. The van der Waals surface area contributed by atoms with Crippen LogP contribution in [0.1, 0.15) is 33.6 Å². The lowest BCUT2D eigenvalue weighted by Crippen LogP contribution is -2.29. The highest BCUT2D eigenvalue weighted by Gasteiger charge is 2.25. The molecular weight excluding hydrogens is 284 g/mol. The van der Waals surface area contributed by atoms with Crippen LogP contribution >= 0.6 is 31.9 Å². The summed E-state index contributed by atoms with van der Waals surface area (Å²) in [6, 6.07) is 0. The molecule has 0 radical (unpaired) electrons. The molecule has 0 bridgehead atoms. The van der Waals surface area contributed by atoms with Gasteiger partial charge in [-0.2, -0.15) is 0 Å². The zero-order valence-electron chi connectivity index (χ0n) is 7.98. The molecule has 0 saturated heterocycles. The third-order valence-corrected chi connectivity index (χ3v) is 4.81. The lowest BCUT2D eigenvalue weighted by molar-refractivity contribution is 0.0989. The minimum atomic E-state index is -0.197. The van der Waals surface area contributed by atoms with E-state index < -0.39 is 0 Å². The van der Waals surface area contributed by atoms with Crippen molar-refractivity contribution in [3.8, 4) is 0 Å². The normalized spacial score (nSPS) is 21.5. The number of alkyl halides is 2. The van der Waals surface area contributed by atoms with E-state index >= 15 is 0 Å². The lowest BCUT2D eigenvalue weighted by Gasteiger charge is -2.26. The first kappa shape index (κ1) is 12.9. The van der Waals surface area contributed by atoms with Crippen LogP contribution in [0.5, 0.6) is 0 Å². The smallest absolute Gasteiger partial charge is 0.0579 e. The van der Waals surface area contributed by atoms with E-state index in [9.17, 15) is 5.11 Å². The van der Waals surface area contributed by atoms with Gasteiger partial charge in [0, 0.05) is 9.65 Å². The highest BCUT2D eigenvalue weighted by Crippen LogP contribution is 2.28. The molecule has 0 aromatic carbocycles. The number of hydrogen-bond donors (Lipinski definition) is 1. The van der Waals surface area contributed by atoms with Crippen LogP contribution < -0.4 is 0 Å². The molecule has 0 spiro atoms. The highest BCUT2D eigenvalue weighted by atomic mass is 79.9. The fourth-order valence-electron chi connectivity index (χ4n) is 0.964. The standard InChI is InChI=1S/C9H18Br2O/c1-4-7(2)8(12)5-9(3,11)6-10/h7-8,12H,4-6H2,1-3H3. The average molecular weight is 302 g/mol. The highest BCUT2D eigenvalue weighted by molar-refractivity contribution is 9.12. The van der Waals surface area contributed by atoms with Crippen molar-refractivity contribution in [1.29, 1.82) is 0 Å². The maximum absolute atomic E-state index is 9.73. The Morgan fingerprint density at radius 1 is 1.50 bits per heavy atom. The van der Waals surface area contributed by atoms with Gasteiger partial charge in [-0.3, -0.25) is 0 Å². The van der Waals surface area contributed by atoms with Crippen LogP contribution in [0, 0.1) is 5.92 Å². The molecule has 3 atom stereocenters. The zero-order valence-corrected chi connectivity index (χ0v) is 11.2. The maximum Gasteiger partial charge on any atom is 0.0579 e. The summed E-state index contributed by atoms with van der Waals surface area (Å²) in [7, 11) is 0. The fourth-order valence-corrected chi connectivity index (χ4v) is 1.52. The summed E-state index contributed by atoms with van der Waals surface area (Å²) in [5.41, 5.74) is 0. The van der Waals surface area contributed by atoms with Gasteiger partial charge in [0.25, 0.3) is 0 Å². The van der Waals surface area contributed by atoms with E-state index in [0.717, 1.165) is 18.2 Å². The van der Waals surface area contributed by atoms with E-state index in [4.69, 9.17) is 0 Å². The number of halogens is 2. The minimum absolute atomic E-state index is 0.0237. The topological polar surface area (TPSA) is 20.2 Å². The maximum atomic E-state index is 9.73. The minimum Gasteiger partial charge on any atom is -0.393 e. The van der Waals surface area contributed by atoms with Gasteiger partial charge in [-0.05, 0) is 19.3 Å². The number of hydrogen-bond acceptors (Lipinski definition) is 1. The molecule has 0 saturated carbocycles. The van der Waals surface area contributed by atoms with Gasteiger partial charge in [-0.15, -0.1) is 0 Å². The lowest BCUT2D eigenvalue weighted by atomic mass is 9.94. The Labute approximate surface area is 92.2 Å². The fraction of sp³-hybridized carbons (Fsp3) is 1.00. The molecule has 1 N–H and O–H groups in total. The largest absolute Gasteiger partial charge is 0.393 e. The van der Waals surface area contributed by atoms with Crippen molar-refractivity contribution < 1.29 is 5.11 Å². The molecule has 3 unspecified atom stereocenters. The molecule has 0 aliphatic carbocycles. The molecule has 0 amide bonds. The van der Waals surface area contributed by atoms with Crippen molar-refractivity contribution in [3.63, 3.8) is 0 Å². The molecular formula is C9H18Br2O. The van der Waals surface area contributed by atoms with Crippen molar-refractivity contribution in [3.05, 3.63) is 0 Å². The van der Waals surface area contributed by atoms with Crippen LogP contribution in [0.2, 0.25) is 0 Å². The summed E-state index contributed by atoms with van der Waals surface area (Å²) in [6.07, 6.45) is 1.64. The Morgan fingerprint density at radius 3 is 2.33 bits per heavy atom. The van der Waals surface area contributed by atoms with Crippen LogP contribution in [-0.2, 0) is 0 Å². The van der Waals surface area contributed by atoms with Crippen LogP contribution in [0.15, 0.2) is 0 Å². The van der Waals surface area contributed by atoms with Gasteiger partial charge in [-0.1, -0.05) is 52.1 Å². The van der Waals surface area contributed by atoms with Gasteiger partial charge in [0.1, 0.15) is 0 Å². The SMILES string of the molecule is CCC(C)C(O)CC(C)(Br)CBr. The molecule has 0 aromatic heterocycles. The Kier molecular flexibility index (Phi) is 6.04.